The Morgan fingerprint density at radius 2 is 2.16 bits per heavy atom. The van der Waals surface area contributed by atoms with Gasteiger partial charge >= 0.3 is 5.97 Å². The van der Waals surface area contributed by atoms with Gasteiger partial charge in [-0.2, -0.15) is 0 Å². The Balaban J connectivity index is 2.42. The van der Waals surface area contributed by atoms with E-state index >= 15 is 0 Å². The highest BCUT2D eigenvalue weighted by atomic mass is 32.1. The molecule has 0 fully saturated rings. The van der Waals surface area contributed by atoms with Crippen molar-refractivity contribution in [2.45, 2.75) is 20.8 Å². The Morgan fingerprint density at radius 1 is 1.42 bits per heavy atom. The van der Waals surface area contributed by atoms with Crippen LogP contribution in [-0.4, -0.2) is 27.5 Å². The second kappa shape index (κ2) is 5.31. The molecule has 0 amide bonds. The number of nitrogen functional groups attached to an aromatic ring is 1. The minimum Gasteiger partial charge on any atom is -0.461 e. The maximum atomic E-state index is 11.7. The molecule has 100 valence electrons. The summed E-state index contributed by atoms with van der Waals surface area (Å²) in [5.74, 6) is 0.533. The third-order valence-electron chi connectivity index (χ3n) is 2.43. The zero-order chi connectivity index (χ0) is 14.0. The van der Waals surface area contributed by atoms with Crippen LogP contribution in [0.2, 0.25) is 0 Å². The second-order valence-corrected chi connectivity index (χ2v) is 5.06. The number of nitrogens with two attached hydrogens (primary N) is 1. The summed E-state index contributed by atoms with van der Waals surface area (Å²) in [7, 11) is 0. The second-order valence-electron chi connectivity index (χ2n) is 3.86. The highest BCUT2D eigenvalue weighted by Gasteiger charge is 2.18. The quantitative estimate of drug-likeness (QED) is 0.863. The number of esters is 1. The number of carbonyl (C=O) groups excluding carboxylic acids is 1. The first kappa shape index (κ1) is 13.4. The van der Waals surface area contributed by atoms with Crippen LogP contribution in [0.4, 0.5) is 5.82 Å². The van der Waals surface area contributed by atoms with Gasteiger partial charge in [-0.1, -0.05) is 0 Å². The molecule has 0 aliphatic rings. The lowest BCUT2D eigenvalue weighted by atomic mass is 10.3. The molecule has 0 saturated carbocycles. The average Bonchev–Trinajstić information content (AvgIpc) is 2.71. The van der Waals surface area contributed by atoms with E-state index in [0.29, 0.717) is 34.5 Å². The van der Waals surface area contributed by atoms with E-state index in [0.717, 1.165) is 4.88 Å². The number of nitrogens with zero attached hydrogens (tertiary/aromatic N) is 3. The number of hydrogen-bond donors (Lipinski definition) is 1. The molecule has 2 rings (SSSR count). The molecular weight excluding hydrogens is 264 g/mol. The van der Waals surface area contributed by atoms with Gasteiger partial charge in [0.15, 0.2) is 5.69 Å². The van der Waals surface area contributed by atoms with E-state index < -0.39 is 5.97 Å². The molecule has 0 saturated heterocycles. The number of hydrogen-bond acceptors (Lipinski definition) is 7. The van der Waals surface area contributed by atoms with Crippen molar-refractivity contribution in [3.63, 3.8) is 0 Å². The molecule has 0 aromatic carbocycles. The lowest BCUT2D eigenvalue weighted by Gasteiger charge is -2.01. The van der Waals surface area contributed by atoms with Crippen LogP contribution in [0.25, 0.3) is 10.6 Å². The number of rotatable bonds is 3. The van der Waals surface area contributed by atoms with Gasteiger partial charge in [-0.3, -0.25) is 0 Å². The maximum Gasteiger partial charge on any atom is 0.358 e. The molecule has 0 aliphatic carbocycles. The van der Waals surface area contributed by atoms with Gasteiger partial charge in [-0.25, -0.2) is 19.7 Å². The Labute approximate surface area is 114 Å². The highest BCUT2D eigenvalue weighted by Crippen LogP contribution is 2.30. The number of anilines is 1. The van der Waals surface area contributed by atoms with Crippen molar-refractivity contribution >= 4 is 23.1 Å². The van der Waals surface area contributed by atoms with Crippen LogP contribution in [0.1, 0.15) is 28.1 Å². The van der Waals surface area contributed by atoms with E-state index in [1.807, 2.05) is 6.92 Å². The zero-order valence-corrected chi connectivity index (χ0v) is 11.7. The van der Waals surface area contributed by atoms with Crippen LogP contribution in [0.5, 0.6) is 0 Å². The van der Waals surface area contributed by atoms with Gasteiger partial charge in [0.1, 0.15) is 16.6 Å². The van der Waals surface area contributed by atoms with E-state index in [-0.39, 0.29) is 0 Å². The fourth-order valence-corrected chi connectivity index (χ4v) is 2.47. The lowest BCUT2D eigenvalue weighted by Crippen LogP contribution is -2.06. The average molecular weight is 278 g/mol. The first-order valence-electron chi connectivity index (χ1n) is 5.77. The van der Waals surface area contributed by atoms with Crippen molar-refractivity contribution in [3.05, 3.63) is 22.6 Å². The number of carbonyl (C=O) groups is 1. The highest BCUT2D eigenvalue weighted by molar-refractivity contribution is 7.15. The summed E-state index contributed by atoms with van der Waals surface area (Å²) in [4.78, 5) is 25.0. The minimum atomic E-state index is -0.422. The Hall–Kier alpha value is -2.02. The summed E-state index contributed by atoms with van der Waals surface area (Å²) in [5.41, 5.74) is 6.80. The van der Waals surface area contributed by atoms with Gasteiger partial charge in [-0.05, 0) is 20.8 Å². The normalized spacial score (nSPS) is 10.5. The summed E-state index contributed by atoms with van der Waals surface area (Å²) >= 11 is 1.37. The van der Waals surface area contributed by atoms with Crippen molar-refractivity contribution in [1.82, 2.24) is 15.0 Å². The number of aromatic nitrogens is 3. The van der Waals surface area contributed by atoms with E-state index in [1.165, 1.54) is 11.3 Å². The van der Waals surface area contributed by atoms with Crippen LogP contribution >= 0.6 is 11.3 Å². The molecule has 2 heterocycles. The molecule has 6 nitrogen and oxygen atoms in total. The largest absolute Gasteiger partial charge is 0.461 e. The number of thiazole rings is 1. The van der Waals surface area contributed by atoms with E-state index in [1.54, 1.807) is 20.0 Å². The molecule has 19 heavy (non-hydrogen) atoms. The minimum absolute atomic E-state index is 0.320. The summed E-state index contributed by atoms with van der Waals surface area (Å²) in [6.07, 6.45) is 1.62. The van der Waals surface area contributed by atoms with Crippen molar-refractivity contribution in [2.24, 2.45) is 0 Å². The van der Waals surface area contributed by atoms with Gasteiger partial charge < -0.3 is 10.5 Å². The van der Waals surface area contributed by atoms with Crippen molar-refractivity contribution in [1.29, 1.82) is 0 Å². The van der Waals surface area contributed by atoms with Gasteiger partial charge in [0.05, 0.1) is 12.2 Å². The number of ether oxygens (including phenoxy) is 1. The summed E-state index contributed by atoms with van der Waals surface area (Å²) in [6.45, 7) is 5.66. The monoisotopic (exact) mass is 278 g/mol. The maximum absolute atomic E-state index is 11.7. The topological polar surface area (TPSA) is 91.0 Å². The van der Waals surface area contributed by atoms with Crippen LogP contribution < -0.4 is 5.73 Å². The molecule has 2 aromatic heterocycles. The fourth-order valence-electron chi connectivity index (χ4n) is 1.55. The SMILES string of the molecule is CCOC(=O)c1nc(-c2cnc(C)nc2N)sc1C. The number of aryl methyl sites for hydroxylation is 2. The van der Waals surface area contributed by atoms with Crippen LogP contribution in [0.3, 0.4) is 0 Å². The molecule has 0 radical (unpaired) electrons. The third kappa shape index (κ3) is 2.70. The molecule has 0 atom stereocenters. The summed E-state index contributed by atoms with van der Waals surface area (Å²) < 4.78 is 4.95. The van der Waals surface area contributed by atoms with Gasteiger partial charge in [0, 0.05) is 11.1 Å². The molecule has 2 N–H and O–H groups in total. The predicted molar refractivity (Wildman–Crippen MR) is 73.0 cm³/mol. The van der Waals surface area contributed by atoms with Gasteiger partial charge in [0.25, 0.3) is 0 Å². The van der Waals surface area contributed by atoms with Gasteiger partial charge in [-0.15, -0.1) is 11.3 Å². The Morgan fingerprint density at radius 3 is 2.79 bits per heavy atom. The van der Waals surface area contributed by atoms with E-state index in [2.05, 4.69) is 15.0 Å². The van der Waals surface area contributed by atoms with Crippen molar-refractivity contribution in [2.75, 3.05) is 12.3 Å². The third-order valence-corrected chi connectivity index (χ3v) is 3.44. The smallest absolute Gasteiger partial charge is 0.358 e. The standard InChI is InChI=1S/C12H14N4O2S/c1-4-18-12(17)9-6(2)19-11(16-9)8-5-14-7(3)15-10(8)13/h5H,4H2,1-3H3,(H2,13,14,15). The lowest BCUT2D eigenvalue weighted by molar-refractivity contribution is 0.0519. The summed E-state index contributed by atoms with van der Waals surface area (Å²) in [6, 6.07) is 0. The fraction of sp³-hybridized carbons (Fsp3) is 0.333. The molecule has 2 aromatic rings. The summed E-state index contributed by atoms with van der Waals surface area (Å²) in [5, 5.41) is 0.623. The van der Waals surface area contributed by atoms with E-state index in [9.17, 15) is 4.79 Å². The van der Waals surface area contributed by atoms with Crippen LogP contribution in [0.15, 0.2) is 6.20 Å². The van der Waals surface area contributed by atoms with Crippen LogP contribution in [0, 0.1) is 13.8 Å². The van der Waals surface area contributed by atoms with Crippen molar-refractivity contribution < 1.29 is 9.53 Å². The predicted octanol–water partition coefficient (Wildman–Crippen LogP) is 1.98. The molecular formula is C12H14N4O2S. The van der Waals surface area contributed by atoms with E-state index in [4.69, 9.17) is 10.5 Å². The molecule has 0 bridgehead atoms. The first-order valence-corrected chi connectivity index (χ1v) is 6.58. The molecule has 7 heteroatoms. The first-order chi connectivity index (χ1) is 9.02. The molecule has 0 aliphatic heterocycles. The van der Waals surface area contributed by atoms with Crippen LogP contribution in [-0.2, 0) is 4.74 Å². The Kier molecular flexibility index (Phi) is 3.75. The zero-order valence-electron chi connectivity index (χ0n) is 10.9. The molecule has 0 unspecified atom stereocenters. The van der Waals surface area contributed by atoms with Crippen molar-refractivity contribution in [3.8, 4) is 10.6 Å². The van der Waals surface area contributed by atoms with Gasteiger partial charge in [0.2, 0.25) is 0 Å². The Bertz CT molecular complexity index is 624. The molecule has 0 spiro atoms.